The Morgan fingerprint density at radius 3 is 2.43 bits per heavy atom. The Bertz CT molecular complexity index is 616. The van der Waals surface area contributed by atoms with Gasteiger partial charge in [0.15, 0.2) is 15.6 Å². The zero-order valence-electron chi connectivity index (χ0n) is 12.2. The van der Waals surface area contributed by atoms with E-state index >= 15 is 0 Å². The maximum Gasteiger partial charge on any atom is 0.323 e. The Hall–Kier alpha value is -1.83. The van der Waals surface area contributed by atoms with Gasteiger partial charge in [0.25, 0.3) is 5.91 Å². The van der Waals surface area contributed by atoms with Crippen molar-refractivity contribution in [2.45, 2.75) is 19.6 Å². The minimum absolute atomic E-state index is 0.0597. The number of carboxylic acid groups (broad SMARTS) is 1. The van der Waals surface area contributed by atoms with Gasteiger partial charge in [-0.1, -0.05) is 13.8 Å². The predicted octanol–water partition coefficient (Wildman–Crippen LogP) is 1.01. The SMILES string of the molecule is CC(C)CN(CC(=O)O)C(=O)c1ccc(CS(C)(=O)=O)o1. The zero-order chi connectivity index (χ0) is 16.2. The summed E-state index contributed by atoms with van der Waals surface area (Å²) in [4.78, 5) is 24.2. The molecule has 1 aromatic rings. The lowest BCUT2D eigenvalue weighted by atomic mass is 10.2. The minimum atomic E-state index is -3.26. The number of hydrogen-bond donors (Lipinski definition) is 1. The van der Waals surface area contributed by atoms with Crippen LogP contribution in [0.1, 0.15) is 30.2 Å². The van der Waals surface area contributed by atoms with Crippen LogP contribution in [-0.2, 0) is 20.4 Å². The Morgan fingerprint density at radius 1 is 1.33 bits per heavy atom. The van der Waals surface area contributed by atoms with E-state index in [1.807, 2.05) is 13.8 Å². The van der Waals surface area contributed by atoms with Gasteiger partial charge in [-0.15, -0.1) is 0 Å². The molecule has 0 aliphatic heterocycles. The van der Waals surface area contributed by atoms with Gasteiger partial charge < -0.3 is 14.4 Å². The molecule has 0 bridgehead atoms. The predicted molar refractivity (Wildman–Crippen MR) is 75.6 cm³/mol. The molecule has 0 saturated heterocycles. The smallest absolute Gasteiger partial charge is 0.323 e. The molecule has 1 heterocycles. The molecule has 0 atom stereocenters. The van der Waals surface area contributed by atoms with Crippen LogP contribution in [0.15, 0.2) is 16.5 Å². The summed E-state index contributed by atoms with van der Waals surface area (Å²) in [6.07, 6.45) is 1.06. The first-order chi connectivity index (χ1) is 9.58. The molecular weight excluding hydrogens is 298 g/mol. The van der Waals surface area contributed by atoms with Crippen molar-refractivity contribution in [2.24, 2.45) is 5.92 Å². The number of furan rings is 1. The summed E-state index contributed by atoms with van der Waals surface area (Å²) in [5, 5.41) is 8.85. The highest BCUT2D eigenvalue weighted by Gasteiger charge is 2.23. The zero-order valence-corrected chi connectivity index (χ0v) is 13.0. The molecule has 0 unspecified atom stereocenters. The van der Waals surface area contributed by atoms with Crippen molar-refractivity contribution in [3.63, 3.8) is 0 Å². The molecule has 0 aromatic carbocycles. The molecule has 1 aromatic heterocycles. The van der Waals surface area contributed by atoms with Gasteiger partial charge >= 0.3 is 5.97 Å². The van der Waals surface area contributed by atoms with Crippen molar-refractivity contribution >= 4 is 21.7 Å². The van der Waals surface area contributed by atoms with Crippen molar-refractivity contribution in [1.29, 1.82) is 0 Å². The Labute approximate surface area is 123 Å². The van der Waals surface area contributed by atoms with Crippen LogP contribution in [0.2, 0.25) is 0 Å². The molecule has 0 fully saturated rings. The Morgan fingerprint density at radius 2 is 1.95 bits per heavy atom. The van der Waals surface area contributed by atoms with Crippen LogP contribution in [0.4, 0.5) is 0 Å². The van der Waals surface area contributed by atoms with Gasteiger partial charge in [-0.05, 0) is 18.1 Å². The standard InChI is InChI=1S/C13H19NO6S/c1-9(2)6-14(7-12(15)16)13(17)11-5-4-10(20-11)8-21(3,18)19/h4-5,9H,6-8H2,1-3H3,(H,15,16). The quantitative estimate of drug-likeness (QED) is 0.804. The average Bonchev–Trinajstić information content (AvgIpc) is 2.71. The van der Waals surface area contributed by atoms with Crippen LogP contribution in [0.5, 0.6) is 0 Å². The number of carbonyl (C=O) groups is 2. The van der Waals surface area contributed by atoms with E-state index in [1.54, 1.807) is 0 Å². The third-order valence-corrected chi connectivity index (χ3v) is 3.28. The van der Waals surface area contributed by atoms with E-state index in [0.717, 1.165) is 11.2 Å². The van der Waals surface area contributed by atoms with Gasteiger partial charge in [-0.3, -0.25) is 9.59 Å². The maximum absolute atomic E-state index is 12.2. The molecule has 0 aliphatic rings. The van der Waals surface area contributed by atoms with Crippen LogP contribution in [0.3, 0.4) is 0 Å². The van der Waals surface area contributed by atoms with E-state index in [1.165, 1.54) is 12.1 Å². The molecule has 8 heteroatoms. The number of aliphatic carboxylic acids is 1. The molecule has 118 valence electrons. The Balaban J connectivity index is 2.90. The lowest BCUT2D eigenvalue weighted by molar-refractivity contribution is -0.137. The fourth-order valence-corrected chi connectivity index (χ4v) is 2.48. The van der Waals surface area contributed by atoms with E-state index in [4.69, 9.17) is 9.52 Å². The number of carbonyl (C=O) groups excluding carboxylic acids is 1. The van der Waals surface area contributed by atoms with Crippen LogP contribution in [-0.4, -0.2) is 49.6 Å². The van der Waals surface area contributed by atoms with Crippen LogP contribution >= 0.6 is 0 Å². The highest BCUT2D eigenvalue weighted by Crippen LogP contribution is 2.14. The molecule has 0 aliphatic carbocycles. The monoisotopic (exact) mass is 317 g/mol. The molecular formula is C13H19NO6S. The third-order valence-electron chi connectivity index (χ3n) is 2.48. The van der Waals surface area contributed by atoms with Crippen molar-refractivity contribution in [3.8, 4) is 0 Å². The minimum Gasteiger partial charge on any atom is -0.480 e. The maximum atomic E-state index is 12.2. The third kappa shape index (κ3) is 5.99. The van der Waals surface area contributed by atoms with Gasteiger partial charge in [-0.25, -0.2) is 8.42 Å². The number of carboxylic acids is 1. The average molecular weight is 317 g/mol. The summed E-state index contributed by atoms with van der Waals surface area (Å²) >= 11 is 0. The van der Waals surface area contributed by atoms with Gasteiger partial charge in [0, 0.05) is 12.8 Å². The molecule has 0 saturated carbocycles. The lowest BCUT2D eigenvalue weighted by Crippen LogP contribution is -2.38. The first-order valence-electron chi connectivity index (χ1n) is 6.36. The fourth-order valence-electron chi connectivity index (χ4n) is 1.81. The van der Waals surface area contributed by atoms with E-state index in [0.29, 0.717) is 0 Å². The summed E-state index contributed by atoms with van der Waals surface area (Å²) in [7, 11) is -3.26. The number of sulfone groups is 1. The number of rotatable bonds is 7. The first-order valence-corrected chi connectivity index (χ1v) is 8.42. The van der Waals surface area contributed by atoms with Crippen molar-refractivity contribution < 1.29 is 27.5 Å². The highest BCUT2D eigenvalue weighted by atomic mass is 32.2. The molecule has 1 rings (SSSR count). The normalized spacial score (nSPS) is 11.6. The fraction of sp³-hybridized carbons (Fsp3) is 0.538. The molecule has 0 spiro atoms. The van der Waals surface area contributed by atoms with Gasteiger partial charge in [0.1, 0.15) is 18.1 Å². The molecule has 0 radical (unpaired) electrons. The van der Waals surface area contributed by atoms with E-state index in [-0.39, 0.29) is 29.7 Å². The Kier molecular flexibility index (Phi) is 5.54. The summed E-state index contributed by atoms with van der Waals surface area (Å²) in [6.45, 7) is 3.56. The first kappa shape index (κ1) is 17.2. The van der Waals surface area contributed by atoms with Gasteiger partial charge in [0.05, 0.1) is 0 Å². The second kappa shape index (κ2) is 6.75. The van der Waals surface area contributed by atoms with Crippen LogP contribution < -0.4 is 0 Å². The molecule has 1 N–H and O–H groups in total. The largest absolute Gasteiger partial charge is 0.480 e. The van der Waals surface area contributed by atoms with Crippen molar-refractivity contribution in [2.75, 3.05) is 19.3 Å². The van der Waals surface area contributed by atoms with Crippen molar-refractivity contribution in [1.82, 2.24) is 4.90 Å². The number of nitrogens with zero attached hydrogens (tertiary/aromatic N) is 1. The van der Waals surface area contributed by atoms with Gasteiger partial charge in [-0.2, -0.15) is 0 Å². The second-order valence-corrected chi connectivity index (χ2v) is 7.45. The summed E-state index contributed by atoms with van der Waals surface area (Å²) in [5.41, 5.74) is 0. The van der Waals surface area contributed by atoms with E-state index in [2.05, 4.69) is 0 Å². The van der Waals surface area contributed by atoms with Gasteiger partial charge in [0.2, 0.25) is 0 Å². The highest BCUT2D eigenvalue weighted by molar-refractivity contribution is 7.89. The second-order valence-electron chi connectivity index (χ2n) is 5.31. The van der Waals surface area contributed by atoms with E-state index < -0.39 is 28.3 Å². The molecule has 21 heavy (non-hydrogen) atoms. The summed E-state index contributed by atoms with van der Waals surface area (Å²) in [6, 6.07) is 2.76. The molecule has 7 nitrogen and oxygen atoms in total. The summed E-state index contributed by atoms with van der Waals surface area (Å²) in [5.74, 6) is -1.80. The summed E-state index contributed by atoms with van der Waals surface area (Å²) < 4.78 is 27.5. The van der Waals surface area contributed by atoms with Crippen molar-refractivity contribution in [3.05, 3.63) is 23.7 Å². The number of hydrogen-bond acceptors (Lipinski definition) is 5. The van der Waals surface area contributed by atoms with E-state index in [9.17, 15) is 18.0 Å². The molecule has 1 amide bonds. The number of amides is 1. The topological polar surface area (TPSA) is 105 Å². The lowest BCUT2D eigenvalue weighted by Gasteiger charge is -2.21. The van der Waals surface area contributed by atoms with Crippen LogP contribution in [0.25, 0.3) is 0 Å². The van der Waals surface area contributed by atoms with Crippen LogP contribution in [0, 0.1) is 5.92 Å².